The quantitative estimate of drug-likeness (QED) is 0.315. The third kappa shape index (κ3) is 5.10. The molecule has 0 unspecified atom stereocenters. The number of pyridine rings is 1. The van der Waals surface area contributed by atoms with Crippen molar-refractivity contribution in [2.75, 3.05) is 19.0 Å². The Kier molecular flexibility index (Phi) is 6.72. The number of benzene rings is 3. The van der Waals surface area contributed by atoms with Crippen LogP contribution in [0.1, 0.15) is 16.7 Å². The van der Waals surface area contributed by atoms with Gasteiger partial charge in [0.15, 0.2) is 11.5 Å². The fraction of sp³-hybridized carbons (Fsp3) is 0.143. The summed E-state index contributed by atoms with van der Waals surface area (Å²) in [5, 5.41) is 21.7. The number of nitrogens with one attached hydrogen (secondary N) is 1. The van der Waals surface area contributed by atoms with E-state index < -0.39 is 0 Å². The highest BCUT2D eigenvalue weighted by molar-refractivity contribution is 5.97. The number of aromatic nitrogens is 4. The van der Waals surface area contributed by atoms with Crippen LogP contribution in [0.25, 0.3) is 10.9 Å². The first kappa shape index (κ1) is 22.9. The van der Waals surface area contributed by atoms with Gasteiger partial charge in [-0.2, -0.15) is 5.26 Å². The van der Waals surface area contributed by atoms with Gasteiger partial charge in [-0.3, -0.25) is 4.98 Å². The molecule has 5 aromatic rings. The predicted octanol–water partition coefficient (Wildman–Crippen LogP) is 5.12. The zero-order chi connectivity index (χ0) is 24.7. The van der Waals surface area contributed by atoms with Crippen LogP contribution < -0.4 is 14.8 Å². The van der Waals surface area contributed by atoms with Crippen molar-refractivity contribution in [3.05, 3.63) is 102 Å². The van der Waals surface area contributed by atoms with Gasteiger partial charge in [0.2, 0.25) is 0 Å². The van der Waals surface area contributed by atoms with Gasteiger partial charge in [0.25, 0.3) is 0 Å². The van der Waals surface area contributed by atoms with E-state index in [9.17, 15) is 5.26 Å². The van der Waals surface area contributed by atoms with Crippen molar-refractivity contribution in [1.82, 2.24) is 20.0 Å². The van der Waals surface area contributed by atoms with E-state index in [2.05, 4.69) is 50.9 Å². The number of nitrogens with zero attached hydrogens (tertiary/aromatic N) is 5. The number of rotatable bonds is 9. The minimum Gasteiger partial charge on any atom is -0.493 e. The van der Waals surface area contributed by atoms with Gasteiger partial charge >= 0.3 is 0 Å². The van der Waals surface area contributed by atoms with Crippen molar-refractivity contribution in [3.8, 4) is 17.6 Å². The summed E-state index contributed by atoms with van der Waals surface area (Å²) in [5.74, 6) is 1.12. The van der Waals surface area contributed by atoms with E-state index in [-0.39, 0.29) is 0 Å². The average Bonchev–Trinajstić information content (AvgIpc) is 3.44. The first-order chi connectivity index (χ1) is 17.7. The summed E-state index contributed by atoms with van der Waals surface area (Å²) in [6.45, 7) is 0.941. The molecule has 0 fully saturated rings. The molecule has 0 atom stereocenters. The van der Waals surface area contributed by atoms with E-state index in [0.29, 0.717) is 41.4 Å². The number of hydrogen-bond acceptors (Lipinski definition) is 7. The summed E-state index contributed by atoms with van der Waals surface area (Å²) >= 11 is 0. The maximum Gasteiger partial charge on any atom is 0.163 e. The smallest absolute Gasteiger partial charge is 0.163 e. The molecule has 0 saturated carbocycles. The number of methoxy groups -OCH3 is 1. The van der Waals surface area contributed by atoms with Crippen LogP contribution in [-0.4, -0.2) is 33.7 Å². The van der Waals surface area contributed by atoms with Crippen LogP contribution in [0, 0.1) is 11.3 Å². The molecule has 8 heteroatoms. The van der Waals surface area contributed by atoms with Gasteiger partial charge in [-0.1, -0.05) is 47.7 Å². The number of nitriles is 1. The summed E-state index contributed by atoms with van der Waals surface area (Å²) in [6.07, 6.45) is 5.83. The fourth-order valence-electron chi connectivity index (χ4n) is 3.97. The first-order valence-corrected chi connectivity index (χ1v) is 11.5. The molecule has 3 aromatic carbocycles. The Bertz CT molecular complexity index is 1490. The predicted molar refractivity (Wildman–Crippen MR) is 137 cm³/mol. The molecule has 0 aliphatic rings. The molecule has 2 heterocycles. The van der Waals surface area contributed by atoms with Crippen LogP contribution >= 0.6 is 0 Å². The first-order valence-electron chi connectivity index (χ1n) is 11.5. The van der Waals surface area contributed by atoms with Crippen LogP contribution in [0.3, 0.4) is 0 Å². The second kappa shape index (κ2) is 10.6. The average molecular weight is 477 g/mol. The number of anilines is 2. The Balaban J connectivity index is 1.40. The minimum atomic E-state index is 0.391. The summed E-state index contributed by atoms with van der Waals surface area (Å²) in [7, 11) is 1.59. The third-order valence-electron chi connectivity index (χ3n) is 5.80. The third-order valence-corrected chi connectivity index (χ3v) is 5.80. The molecule has 0 spiro atoms. The second-order valence-electron chi connectivity index (χ2n) is 8.18. The standard InChI is InChI=1S/C28H24N6O2/c1-35-26-16-24-25(17-27(26)36-14-13-34-12-11-31-33-34)30-19-22(18-29)28(24)32-23-9-7-21(8-10-23)15-20-5-3-2-4-6-20/h2-12,16-17,19H,13-15H2,1H3,(H,30,32). The van der Waals surface area contributed by atoms with E-state index >= 15 is 0 Å². The van der Waals surface area contributed by atoms with E-state index in [4.69, 9.17) is 9.47 Å². The van der Waals surface area contributed by atoms with E-state index in [1.807, 2.05) is 42.5 Å². The highest BCUT2D eigenvalue weighted by atomic mass is 16.5. The molecular weight excluding hydrogens is 452 g/mol. The molecule has 0 radical (unpaired) electrons. The number of hydrogen-bond donors (Lipinski definition) is 1. The maximum atomic E-state index is 9.75. The van der Waals surface area contributed by atoms with E-state index in [0.717, 1.165) is 17.5 Å². The Morgan fingerprint density at radius 2 is 1.81 bits per heavy atom. The Labute approximate surface area is 208 Å². The van der Waals surface area contributed by atoms with Crippen molar-refractivity contribution in [1.29, 1.82) is 5.26 Å². The van der Waals surface area contributed by atoms with Crippen molar-refractivity contribution in [2.24, 2.45) is 0 Å². The Morgan fingerprint density at radius 1 is 1.00 bits per heavy atom. The molecule has 36 heavy (non-hydrogen) atoms. The van der Waals surface area contributed by atoms with Gasteiger partial charge in [0.1, 0.15) is 12.7 Å². The highest BCUT2D eigenvalue weighted by Gasteiger charge is 2.15. The largest absolute Gasteiger partial charge is 0.493 e. The molecule has 0 saturated heterocycles. The topological polar surface area (TPSA) is 97.9 Å². The molecule has 8 nitrogen and oxygen atoms in total. The Morgan fingerprint density at radius 3 is 2.53 bits per heavy atom. The van der Waals surface area contributed by atoms with E-state index in [1.54, 1.807) is 30.4 Å². The van der Waals surface area contributed by atoms with Crippen molar-refractivity contribution < 1.29 is 9.47 Å². The van der Waals surface area contributed by atoms with Crippen molar-refractivity contribution in [3.63, 3.8) is 0 Å². The Hall–Kier alpha value is -4.90. The molecule has 0 bridgehead atoms. The number of ether oxygens (including phenoxy) is 2. The summed E-state index contributed by atoms with van der Waals surface area (Å²) < 4.78 is 13.2. The summed E-state index contributed by atoms with van der Waals surface area (Å²) in [4.78, 5) is 4.48. The van der Waals surface area contributed by atoms with Gasteiger partial charge in [0.05, 0.1) is 36.6 Å². The lowest BCUT2D eigenvalue weighted by Gasteiger charge is -2.15. The normalized spacial score (nSPS) is 10.7. The molecular formula is C28H24N6O2. The lowest BCUT2D eigenvalue weighted by molar-refractivity contribution is 0.273. The molecule has 5 rings (SSSR count). The monoisotopic (exact) mass is 476 g/mol. The molecule has 1 N–H and O–H groups in total. The zero-order valence-corrected chi connectivity index (χ0v) is 19.8. The van der Waals surface area contributed by atoms with Gasteiger partial charge < -0.3 is 14.8 Å². The lowest BCUT2D eigenvalue weighted by atomic mass is 10.0. The second-order valence-corrected chi connectivity index (χ2v) is 8.18. The summed E-state index contributed by atoms with van der Waals surface area (Å²) in [6, 6.07) is 24.5. The van der Waals surface area contributed by atoms with Crippen LogP contribution in [0.2, 0.25) is 0 Å². The van der Waals surface area contributed by atoms with Crippen LogP contribution in [0.4, 0.5) is 11.4 Å². The van der Waals surface area contributed by atoms with Crippen LogP contribution in [0.5, 0.6) is 11.5 Å². The molecule has 0 aliphatic carbocycles. The van der Waals surface area contributed by atoms with Crippen molar-refractivity contribution >= 4 is 22.3 Å². The van der Waals surface area contributed by atoms with Gasteiger partial charge in [-0.15, -0.1) is 5.10 Å². The number of fused-ring (bicyclic) bond motifs is 1. The highest BCUT2D eigenvalue weighted by Crippen LogP contribution is 2.37. The minimum absolute atomic E-state index is 0.391. The maximum absolute atomic E-state index is 9.75. The SMILES string of the molecule is COc1cc2c(Nc3ccc(Cc4ccccc4)cc3)c(C#N)cnc2cc1OCCn1ccnn1. The zero-order valence-electron chi connectivity index (χ0n) is 19.8. The van der Waals surface area contributed by atoms with Gasteiger partial charge in [0, 0.05) is 29.5 Å². The van der Waals surface area contributed by atoms with Crippen LogP contribution in [0.15, 0.2) is 85.3 Å². The van der Waals surface area contributed by atoms with Gasteiger partial charge in [-0.25, -0.2) is 4.68 Å². The molecule has 2 aromatic heterocycles. The molecule has 178 valence electrons. The van der Waals surface area contributed by atoms with Crippen molar-refractivity contribution in [2.45, 2.75) is 13.0 Å². The summed E-state index contributed by atoms with van der Waals surface area (Å²) in [5.41, 5.74) is 5.15. The molecule has 0 amide bonds. The lowest BCUT2D eigenvalue weighted by Crippen LogP contribution is -2.09. The fourth-order valence-corrected chi connectivity index (χ4v) is 3.97. The van der Waals surface area contributed by atoms with Gasteiger partial charge in [-0.05, 0) is 35.7 Å². The van der Waals surface area contributed by atoms with Crippen LogP contribution in [-0.2, 0) is 13.0 Å². The molecule has 0 aliphatic heterocycles. The van der Waals surface area contributed by atoms with E-state index in [1.165, 1.54) is 11.1 Å².